The van der Waals surface area contributed by atoms with Gasteiger partial charge >= 0.3 is 0 Å². The summed E-state index contributed by atoms with van der Waals surface area (Å²) in [7, 11) is 0. The van der Waals surface area contributed by atoms with Gasteiger partial charge in [0.05, 0.1) is 0 Å². The quantitative estimate of drug-likeness (QED) is 0.281. The van der Waals surface area contributed by atoms with Gasteiger partial charge in [0.1, 0.15) is 11.6 Å². The first kappa shape index (κ1) is 27.6. The number of carbonyl (C=O) groups is 1. The molecule has 1 aliphatic rings. The third-order valence-electron chi connectivity index (χ3n) is 5.84. The van der Waals surface area contributed by atoms with Crippen molar-refractivity contribution in [2.75, 3.05) is 26.2 Å². The SMILES string of the molecule is CCNC(=NCC(C)c1ccc(F)cc1F)NC1CCN(C(=O)C(CC)CC)CC1.I. The molecule has 5 nitrogen and oxygen atoms in total. The van der Waals surface area contributed by atoms with Gasteiger partial charge in [-0.3, -0.25) is 9.79 Å². The van der Waals surface area contributed by atoms with Crippen LogP contribution in [0, 0.1) is 17.6 Å². The van der Waals surface area contributed by atoms with Gasteiger partial charge in [-0.05, 0) is 44.2 Å². The topological polar surface area (TPSA) is 56.7 Å². The van der Waals surface area contributed by atoms with E-state index in [9.17, 15) is 13.6 Å². The fraction of sp³-hybridized carbons (Fsp3) is 0.652. The lowest BCUT2D eigenvalue weighted by atomic mass is 9.98. The highest BCUT2D eigenvalue weighted by molar-refractivity contribution is 14.0. The molecule has 1 aliphatic heterocycles. The molecular weight excluding hydrogens is 513 g/mol. The maximum absolute atomic E-state index is 14.0. The summed E-state index contributed by atoms with van der Waals surface area (Å²) in [5.41, 5.74) is 0.462. The van der Waals surface area contributed by atoms with E-state index in [1.54, 1.807) is 0 Å². The van der Waals surface area contributed by atoms with Crippen molar-refractivity contribution in [2.45, 2.75) is 65.3 Å². The van der Waals surface area contributed by atoms with Gasteiger partial charge in [-0.1, -0.05) is 26.8 Å². The molecule has 1 saturated heterocycles. The summed E-state index contributed by atoms with van der Waals surface area (Å²) in [5, 5.41) is 6.69. The largest absolute Gasteiger partial charge is 0.357 e. The molecule has 1 amide bonds. The van der Waals surface area contributed by atoms with E-state index >= 15 is 0 Å². The van der Waals surface area contributed by atoms with Crippen molar-refractivity contribution in [1.82, 2.24) is 15.5 Å². The fourth-order valence-corrected chi connectivity index (χ4v) is 3.88. The highest BCUT2D eigenvalue weighted by atomic mass is 127. The molecule has 1 aromatic carbocycles. The Morgan fingerprint density at radius 1 is 1.19 bits per heavy atom. The number of amides is 1. The standard InChI is InChI=1S/C23H36F2N4O.HI/c1-5-17(6-2)22(30)29-12-10-19(11-13-29)28-23(26-7-3)27-15-16(4)20-9-8-18(24)14-21(20)25;/h8-9,14,16-17,19H,5-7,10-13,15H2,1-4H3,(H2,26,27,28);1H. The Bertz CT molecular complexity index is 720. The van der Waals surface area contributed by atoms with E-state index in [1.807, 2.05) is 18.7 Å². The summed E-state index contributed by atoms with van der Waals surface area (Å²) >= 11 is 0. The minimum Gasteiger partial charge on any atom is -0.357 e. The number of nitrogens with one attached hydrogen (secondary N) is 2. The van der Waals surface area contributed by atoms with Crippen LogP contribution in [0.25, 0.3) is 0 Å². The average Bonchev–Trinajstić information content (AvgIpc) is 2.73. The van der Waals surface area contributed by atoms with Gasteiger partial charge in [0.2, 0.25) is 5.91 Å². The molecular formula is C23H37F2IN4O. The monoisotopic (exact) mass is 550 g/mol. The molecule has 1 heterocycles. The number of halogens is 3. The summed E-state index contributed by atoms with van der Waals surface area (Å²) in [5.74, 6) is -0.186. The number of piperidine rings is 1. The van der Waals surface area contributed by atoms with Crippen LogP contribution in [0.5, 0.6) is 0 Å². The number of likely N-dealkylation sites (tertiary alicyclic amines) is 1. The van der Waals surface area contributed by atoms with E-state index in [-0.39, 0.29) is 47.8 Å². The molecule has 0 aliphatic carbocycles. The van der Waals surface area contributed by atoms with Gasteiger partial charge in [0.25, 0.3) is 0 Å². The van der Waals surface area contributed by atoms with Crippen molar-refractivity contribution < 1.29 is 13.6 Å². The Morgan fingerprint density at radius 2 is 1.84 bits per heavy atom. The smallest absolute Gasteiger partial charge is 0.225 e. The Labute approximate surface area is 202 Å². The van der Waals surface area contributed by atoms with E-state index in [0.717, 1.165) is 51.4 Å². The van der Waals surface area contributed by atoms with Crippen LogP contribution in [0.1, 0.15) is 64.9 Å². The number of rotatable bonds is 8. The number of aliphatic imine (C=N–C) groups is 1. The number of nitrogens with zero attached hydrogens (tertiary/aromatic N) is 2. The van der Waals surface area contributed by atoms with Gasteiger partial charge in [0, 0.05) is 50.1 Å². The lowest BCUT2D eigenvalue weighted by Gasteiger charge is -2.35. The highest BCUT2D eigenvalue weighted by Gasteiger charge is 2.26. The second kappa shape index (κ2) is 13.9. The van der Waals surface area contributed by atoms with Crippen LogP contribution in [-0.2, 0) is 4.79 Å². The second-order valence-corrected chi connectivity index (χ2v) is 8.04. The summed E-state index contributed by atoms with van der Waals surface area (Å²) in [6, 6.07) is 3.91. The van der Waals surface area contributed by atoms with E-state index in [4.69, 9.17) is 0 Å². The van der Waals surface area contributed by atoms with Crippen molar-refractivity contribution in [3.05, 3.63) is 35.4 Å². The first-order valence-electron chi connectivity index (χ1n) is 11.2. The van der Waals surface area contributed by atoms with E-state index in [0.29, 0.717) is 18.1 Å². The van der Waals surface area contributed by atoms with Gasteiger partial charge in [0.15, 0.2) is 5.96 Å². The van der Waals surface area contributed by atoms with Crippen LogP contribution in [0.2, 0.25) is 0 Å². The van der Waals surface area contributed by atoms with Gasteiger partial charge in [-0.2, -0.15) is 0 Å². The minimum atomic E-state index is -0.573. The Morgan fingerprint density at radius 3 is 2.39 bits per heavy atom. The molecule has 8 heteroatoms. The summed E-state index contributed by atoms with van der Waals surface area (Å²) < 4.78 is 27.1. The number of carbonyl (C=O) groups excluding carboxylic acids is 1. The summed E-state index contributed by atoms with van der Waals surface area (Å²) in [6.45, 7) is 10.6. The predicted octanol–water partition coefficient (Wildman–Crippen LogP) is 4.67. The molecule has 1 aromatic rings. The molecule has 2 N–H and O–H groups in total. The lowest BCUT2D eigenvalue weighted by Crippen LogP contribution is -2.50. The molecule has 0 bridgehead atoms. The van der Waals surface area contributed by atoms with E-state index in [1.165, 1.54) is 12.1 Å². The zero-order valence-electron chi connectivity index (χ0n) is 19.1. The maximum atomic E-state index is 14.0. The number of benzene rings is 1. The van der Waals surface area contributed by atoms with Gasteiger partial charge in [-0.15, -0.1) is 24.0 Å². The van der Waals surface area contributed by atoms with Crippen molar-refractivity contribution in [2.24, 2.45) is 10.9 Å². The molecule has 176 valence electrons. The molecule has 31 heavy (non-hydrogen) atoms. The van der Waals surface area contributed by atoms with Crippen LogP contribution in [0.3, 0.4) is 0 Å². The van der Waals surface area contributed by atoms with Gasteiger partial charge in [-0.25, -0.2) is 8.78 Å². The highest BCUT2D eigenvalue weighted by Crippen LogP contribution is 2.20. The van der Waals surface area contributed by atoms with Crippen molar-refractivity contribution >= 4 is 35.8 Å². The molecule has 1 unspecified atom stereocenters. The Hall–Kier alpha value is -1.45. The first-order valence-corrected chi connectivity index (χ1v) is 11.2. The number of hydrogen-bond donors (Lipinski definition) is 2. The molecule has 0 saturated carbocycles. The normalized spacial score (nSPS) is 16.1. The maximum Gasteiger partial charge on any atom is 0.225 e. The van der Waals surface area contributed by atoms with Crippen LogP contribution >= 0.6 is 24.0 Å². The fourth-order valence-electron chi connectivity index (χ4n) is 3.88. The third-order valence-corrected chi connectivity index (χ3v) is 5.84. The van der Waals surface area contributed by atoms with E-state index < -0.39 is 11.6 Å². The zero-order valence-corrected chi connectivity index (χ0v) is 21.4. The summed E-state index contributed by atoms with van der Waals surface area (Å²) in [6.07, 6.45) is 3.52. The van der Waals surface area contributed by atoms with Crippen LogP contribution in [-0.4, -0.2) is 49.0 Å². The average molecular weight is 550 g/mol. The van der Waals surface area contributed by atoms with Crippen molar-refractivity contribution in [3.8, 4) is 0 Å². The van der Waals surface area contributed by atoms with Crippen LogP contribution in [0.15, 0.2) is 23.2 Å². The zero-order chi connectivity index (χ0) is 22.1. The third kappa shape index (κ3) is 8.20. The molecule has 0 radical (unpaired) electrons. The second-order valence-electron chi connectivity index (χ2n) is 8.04. The Kier molecular flexibility index (Phi) is 12.3. The first-order chi connectivity index (χ1) is 14.4. The molecule has 2 rings (SSSR count). The van der Waals surface area contributed by atoms with Crippen LogP contribution < -0.4 is 10.6 Å². The minimum absolute atomic E-state index is 0. The molecule has 0 spiro atoms. The lowest BCUT2D eigenvalue weighted by molar-refractivity contribution is -0.136. The predicted molar refractivity (Wildman–Crippen MR) is 133 cm³/mol. The van der Waals surface area contributed by atoms with Gasteiger partial charge < -0.3 is 15.5 Å². The van der Waals surface area contributed by atoms with E-state index in [2.05, 4.69) is 29.5 Å². The number of hydrogen-bond acceptors (Lipinski definition) is 2. The van der Waals surface area contributed by atoms with Crippen LogP contribution in [0.4, 0.5) is 8.78 Å². The Balaban J connectivity index is 0.00000480. The molecule has 1 fully saturated rings. The van der Waals surface area contributed by atoms with Crippen molar-refractivity contribution in [3.63, 3.8) is 0 Å². The molecule has 0 aromatic heterocycles. The molecule has 1 atom stereocenters. The number of guanidine groups is 1. The van der Waals surface area contributed by atoms with Crippen molar-refractivity contribution in [1.29, 1.82) is 0 Å². The summed E-state index contributed by atoms with van der Waals surface area (Å²) in [4.78, 5) is 19.2.